The van der Waals surface area contributed by atoms with Gasteiger partial charge in [-0.05, 0) is 19.1 Å². The van der Waals surface area contributed by atoms with Crippen molar-refractivity contribution in [1.82, 2.24) is 4.98 Å². The third-order valence-corrected chi connectivity index (χ3v) is 2.74. The Balaban J connectivity index is 2.31. The van der Waals surface area contributed by atoms with Crippen LogP contribution in [0.1, 0.15) is 6.92 Å². The summed E-state index contributed by atoms with van der Waals surface area (Å²) in [6, 6.07) is 8.33. The summed E-state index contributed by atoms with van der Waals surface area (Å²) in [7, 11) is 0. The van der Waals surface area contributed by atoms with E-state index in [2.05, 4.69) is 41.5 Å². The molecule has 0 bridgehead atoms. The third kappa shape index (κ3) is 1.93. The highest BCUT2D eigenvalue weighted by molar-refractivity contribution is 7.13. The number of nitrogens with one attached hydrogen (secondary N) is 1. The first kappa shape index (κ1) is 9.21. The summed E-state index contributed by atoms with van der Waals surface area (Å²) in [5, 5.41) is 6.36. The molecule has 0 spiro atoms. The number of hydrogen-bond acceptors (Lipinski definition) is 3. The van der Waals surface area contributed by atoms with Gasteiger partial charge in [0.2, 0.25) is 0 Å². The van der Waals surface area contributed by atoms with E-state index in [-0.39, 0.29) is 0 Å². The van der Waals surface area contributed by atoms with Crippen LogP contribution in [-0.2, 0) is 0 Å². The Hall–Kier alpha value is -1.35. The van der Waals surface area contributed by atoms with Crippen molar-refractivity contribution in [3.05, 3.63) is 35.8 Å². The van der Waals surface area contributed by atoms with Crippen LogP contribution in [0.15, 0.2) is 35.8 Å². The van der Waals surface area contributed by atoms with Crippen molar-refractivity contribution in [3.8, 4) is 10.6 Å². The number of benzene rings is 1. The highest BCUT2D eigenvalue weighted by atomic mass is 32.1. The van der Waals surface area contributed by atoms with E-state index in [0.717, 1.165) is 17.2 Å². The van der Waals surface area contributed by atoms with Crippen LogP contribution < -0.4 is 5.32 Å². The quantitative estimate of drug-likeness (QED) is 0.830. The second-order valence-electron chi connectivity index (χ2n) is 2.95. The van der Waals surface area contributed by atoms with Gasteiger partial charge in [-0.2, -0.15) is 0 Å². The summed E-state index contributed by atoms with van der Waals surface area (Å²) in [6.45, 7) is 3.04. The first-order valence-electron chi connectivity index (χ1n) is 4.64. The third-order valence-electron chi connectivity index (χ3n) is 1.92. The van der Waals surface area contributed by atoms with Crippen molar-refractivity contribution in [1.29, 1.82) is 0 Å². The first-order chi connectivity index (χ1) is 6.90. The lowest BCUT2D eigenvalue weighted by Crippen LogP contribution is -1.95. The Morgan fingerprint density at radius 2 is 2.36 bits per heavy atom. The van der Waals surface area contributed by atoms with Crippen LogP contribution in [0, 0.1) is 0 Å². The van der Waals surface area contributed by atoms with E-state index < -0.39 is 0 Å². The van der Waals surface area contributed by atoms with E-state index >= 15 is 0 Å². The molecule has 0 aliphatic carbocycles. The fourth-order valence-corrected chi connectivity index (χ4v) is 1.97. The average molecular weight is 204 g/mol. The van der Waals surface area contributed by atoms with E-state index in [9.17, 15) is 0 Å². The van der Waals surface area contributed by atoms with E-state index in [0.29, 0.717) is 0 Å². The maximum atomic E-state index is 4.28. The number of aromatic nitrogens is 1. The molecule has 2 rings (SSSR count). The number of nitrogens with zero attached hydrogens (tertiary/aromatic N) is 1. The van der Waals surface area contributed by atoms with Crippen LogP contribution in [0.5, 0.6) is 0 Å². The molecule has 0 amide bonds. The zero-order valence-electron chi connectivity index (χ0n) is 8.03. The lowest BCUT2D eigenvalue weighted by Gasteiger charge is -2.03. The Bertz CT molecular complexity index is 395. The van der Waals surface area contributed by atoms with Gasteiger partial charge >= 0.3 is 0 Å². The van der Waals surface area contributed by atoms with Crippen LogP contribution in [0.2, 0.25) is 0 Å². The Kier molecular flexibility index (Phi) is 2.79. The molecule has 0 radical (unpaired) electrons. The zero-order chi connectivity index (χ0) is 9.80. The maximum absolute atomic E-state index is 4.28. The van der Waals surface area contributed by atoms with E-state index in [4.69, 9.17) is 0 Å². The van der Waals surface area contributed by atoms with Gasteiger partial charge in [0, 0.05) is 29.4 Å². The molecule has 0 aliphatic heterocycles. The summed E-state index contributed by atoms with van der Waals surface area (Å²) < 4.78 is 0. The summed E-state index contributed by atoms with van der Waals surface area (Å²) >= 11 is 1.66. The van der Waals surface area contributed by atoms with Crippen LogP contribution >= 0.6 is 11.3 Å². The van der Waals surface area contributed by atoms with Crippen molar-refractivity contribution in [2.45, 2.75) is 6.92 Å². The standard InChI is InChI=1S/C11H12N2S/c1-2-12-10-5-3-4-9(8-10)11-13-6-7-14-11/h3-8,12H,2H2,1H3. The minimum Gasteiger partial charge on any atom is -0.385 e. The highest BCUT2D eigenvalue weighted by Gasteiger charge is 2.00. The molecule has 1 N–H and O–H groups in total. The number of hydrogen-bond donors (Lipinski definition) is 1. The molecule has 0 aliphatic rings. The summed E-state index contributed by atoms with van der Waals surface area (Å²) in [6.07, 6.45) is 1.83. The lowest BCUT2D eigenvalue weighted by atomic mass is 10.2. The summed E-state index contributed by atoms with van der Waals surface area (Å²) in [5.74, 6) is 0. The van der Waals surface area contributed by atoms with Crippen molar-refractivity contribution in [2.24, 2.45) is 0 Å². The molecule has 1 aromatic heterocycles. The fourth-order valence-electron chi connectivity index (χ4n) is 1.33. The molecular weight excluding hydrogens is 192 g/mol. The molecule has 1 heterocycles. The fraction of sp³-hybridized carbons (Fsp3) is 0.182. The van der Waals surface area contributed by atoms with Crippen molar-refractivity contribution < 1.29 is 0 Å². The molecule has 0 atom stereocenters. The minimum atomic E-state index is 0.946. The Labute approximate surface area is 87.6 Å². The van der Waals surface area contributed by atoms with Gasteiger partial charge in [0.25, 0.3) is 0 Å². The topological polar surface area (TPSA) is 24.9 Å². The van der Waals surface area contributed by atoms with Gasteiger partial charge in [0.1, 0.15) is 5.01 Å². The Morgan fingerprint density at radius 1 is 1.43 bits per heavy atom. The second-order valence-corrected chi connectivity index (χ2v) is 3.84. The largest absolute Gasteiger partial charge is 0.385 e. The van der Waals surface area contributed by atoms with Crippen LogP contribution in [0.4, 0.5) is 5.69 Å². The predicted octanol–water partition coefficient (Wildman–Crippen LogP) is 3.24. The van der Waals surface area contributed by atoms with E-state index in [1.54, 1.807) is 11.3 Å². The number of rotatable bonds is 3. The Morgan fingerprint density at radius 3 is 3.07 bits per heavy atom. The van der Waals surface area contributed by atoms with Gasteiger partial charge in [0.05, 0.1) is 0 Å². The van der Waals surface area contributed by atoms with Crippen molar-refractivity contribution >= 4 is 17.0 Å². The van der Waals surface area contributed by atoms with Crippen LogP contribution in [-0.4, -0.2) is 11.5 Å². The van der Waals surface area contributed by atoms with Gasteiger partial charge in [-0.3, -0.25) is 0 Å². The monoisotopic (exact) mass is 204 g/mol. The van der Waals surface area contributed by atoms with Gasteiger partial charge in [-0.25, -0.2) is 4.98 Å². The van der Waals surface area contributed by atoms with Gasteiger partial charge < -0.3 is 5.32 Å². The van der Waals surface area contributed by atoms with Gasteiger partial charge in [-0.1, -0.05) is 12.1 Å². The summed E-state index contributed by atoms with van der Waals surface area (Å²) in [4.78, 5) is 4.28. The molecule has 0 unspecified atom stereocenters. The molecule has 72 valence electrons. The van der Waals surface area contributed by atoms with Crippen LogP contribution in [0.25, 0.3) is 10.6 Å². The average Bonchev–Trinajstić information content (AvgIpc) is 2.71. The van der Waals surface area contributed by atoms with Gasteiger partial charge in [-0.15, -0.1) is 11.3 Å². The molecule has 1 aromatic carbocycles. The summed E-state index contributed by atoms with van der Waals surface area (Å²) in [5.41, 5.74) is 2.33. The molecule has 0 saturated carbocycles. The molecule has 2 aromatic rings. The molecule has 0 saturated heterocycles. The molecule has 0 fully saturated rings. The zero-order valence-corrected chi connectivity index (χ0v) is 8.84. The van der Waals surface area contributed by atoms with E-state index in [1.807, 2.05) is 11.6 Å². The molecule has 2 nitrogen and oxygen atoms in total. The highest BCUT2D eigenvalue weighted by Crippen LogP contribution is 2.24. The molecule has 3 heteroatoms. The molecule has 14 heavy (non-hydrogen) atoms. The SMILES string of the molecule is CCNc1cccc(-c2nccs2)c1. The number of anilines is 1. The minimum absolute atomic E-state index is 0.946. The van der Waals surface area contributed by atoms with Gasteiger partial charge in [0.15, 0.2) is 0 Å². The van der Waals surface area contributed by atoms with Crippen molar-refractivity contribution in [2.75, 3.05) is 11.9 Å². The normalized spacial score (nSPS) is 10.1. The smallest absolute Gasteiger partial charge is 0.123 e. The first-order valence-corrected chi connectivity index (χ1v) is 5.52. The molecular formula is C11H12N2S. The lowest BCUT2D eigenvalue weighted by molar-refractivity contribution is 1.21. The number of thiazole rings is 1. The van der Waals surface area contributed by atoms with E-state index in [1.165, 1.54) is 5.56 Å². The predicted molar refractivity (Wildman–Crippen MR) is 61.7 cm³/mol. The maximum Gasteiger partial charge on any atom is 0.123 e. The van der Waals surface area contributed by atoms with Crippen molar-refractivity contribution in [3.63, 3.8) is 0 Å². The van der Waals surface area contributed by atoms with Crippen LogP contribution in [0.3, 0.4) is 0 Å². The second kappa shape index (κ2) is 4.24.